The van der Waals surface area contributed by atoms with E-state index in [0.29, 0.717) is 17.2 Å². The summed E-state index contributed by atoms with van der Waals surface area (Å²) in [6.45, 7) is 9.20. The first-order chi connectivity index (χ1) is 5.43. The molecule has 0 bridgehead atoms. The van der Waals surface area contributed by atoms with Crippen molar-refractivity contribution < 1.29 is 4.79 Å². The molecule has 1 fully saturated rings. The molecule has 1 rings (SSSR count). The molecule has 12 heavy (non-hydrogen) atoms. The smallest absolute Gasteiger partial charge is 0.133 e. The highest BCUT2D eigenvalue weighted by molar-refractivity contribution is 6.80. The van der Waals surface area contributed by atoms with Crippen LogP contribution in [-0.2, 0) is 4.79 Å². The number of carbonyl (C=O) groups excluding carboxylic acids is 1. The Morgan fingerprint density at radius 1 is 1.33 bits per heavy atom. The quantitative estimate of drug-likeness (QED) is 0.572. The molecular weight excluding hydrogens is 164 g/mol. The van der Waals surface area contributed by atoms with E-state index in [1.54, 1.807) is 0 Å². The van der Waals surface area contributed by atoms with Gasteiger partial charge in [-0.1, -0.05) is 26.6 Å². The minimum absolute atomic E-state index is 0.436. The van der Waals surface area contributed by atoms with Crippen molar-refractivity contribution in [1.82, 2.24) is 0 Å². The van der Waals surface area contributed by atoms with Crippen LogP contribution in [0, 0.1) is 5.92 Å². The third-order valence-electron chi connectivity index (χ3n) is 2.93. The molecule has 0 aliphatic heterocycles. The van der Waals surface area contributed by atoms with Crippen LogP contribution in [0.4, 0.5) is 0 Å². The number of ketones is 1. The SMILES string of the molecule is CC1CCCC(=O)C1[Si](C)(C)C. The van der Waals surface area contributed by atoms with Gasteiger partial charge in [-0.05, 0) is 18.8 Å². The van der Waals surface area contributed by atoms with E-state index in [-0.39, 0.29) is 0 Å². The number of hydrogen-bond acceptors (Lipinski definition) is 1. The van der Waals surface area contributed by atoms with Crippen molar-refractivity contribution in [2.45, 2.75) is 51.4 Å². The molecule has 2 atom stereocenters. The van der Waals surface area contributed by atoms with Crippen molar-refractivity contribution in [3.63, 3.8) is 0 Å². The fraction of sp³-hybridized carbons (Fsp3) is 0.900. The second-order valence-corrected chi connectivity index (χ2v) is 10.5. The van der Waals surface area contributed by atoms with Crippen LogP contribution in [0.2, 0.25) is 25.2 Å². The molecular formula is C10H20OSi. The minimum Gasteiger partial charge on any atom is -0.300 e. The van der Waals surface area contributed by atoms with E-state index in [1.165, 1.54) is 6.42 Å². The van der Waals surface area contributed by atoms with Gasteiger partial charge in [-0.15, -0.1) is 0 Å². The maximum atomic E-state index is 11.7. The van der Waals surface area contributed by atoms with Crippen molar-refractivity contribution in [2.75, 3.05) is 0 Å². The summed E-state index contributed by atoms with van der Waals surface area (Å²) in [4.78, 5) is 11.7. The van der Waals surface area contributed by atoms with E-state index in [4.69, 9.17) is 0 Å². The summed E-state index contributed by atoms with van der Waals surface area (Å²) in [6.07, 6.45) is 3.24. The molecule has 0 N–H and O–H groups in total. The summed E-state index contributed by atoms with van der Waals surface area (Å²) in [5.41, 5.74) is 0.436. The van der Waals surface area contributed by atoms with Crippen LogP contribution in [0.25, 0.3) is 0 Å². The van der Waals surface area contributed by atoms with E-state index in [2.05, 4.69) is 26.6 Å². The summed E-state index contributed by atoms with van der Waals surface area (Å²) in [5, 5.41) is 0. The third-order valence-corrected chi connectivity index (χ3v) is 5.69. The minimum atomic E-state index is -1.23. The lowest BCUT2D eigenvalue weighted by Crippen LogP contribution is -2.39. The van der Waals surface area contributed by atoms with Crippen molar-refractivity contribution in [3.8, 4) is 0 Å². The van der Waals surface area contributed by atoms with Gasteiger partial charge in [0, 0.05) is 12.0 Å². The highest BCUT2D eigenvalue weighted by Crippen LogP contribution is 2.38. The maximum Gasteiger partial charge on any atom is 0.133 e. The van der Waals surface area contributed by atoms with Crippen molar-refractivity contribution in [3.05, 3.63) is 0 Å². The molecule has 0 aromatic heterocycles. The predicted octanol–water partition coefficient (Wildman–Crippen LogP) is 3.08. The van der Waals surface area contributed by atoms with Crippen LogP contribution in [0.3, 0.4) is 0 Å². The summed E-state index contributed by atoms with van der Waals surface area (Å²) >= 11 is 0. The Kier molecular flexibility index (Phi) is 2.76. The predicted molar refractivity (Wildman–Crippen MR) is 55.1 cm³/mol. The van der Waals surface area contributed by atoms with E-state index >= 15 is 0 Å². The van der Waals surface area contributed by atoms with Crippen molar-refractivity contribution in [2.24, 2.45) is 5.92 Å². The number of hydrogen-bond donors (Lipinski definition) is 0. The average molecular weight is 184 g/mol. The van der Waals surface area contributed by atoms with Gasteiger partial charge in [0.1, 0.15) is 5.78 Å². The van der Waals surface area contributed by atoms with Crippen LogP contribution in [0.15, 0.2) is 0 Å². The third kappa shape index (κ3) is 1.97. The van der Waals surface area contributed by atoms with Crippen LogP contribution < -0.4 is 0 Å². The lowest BCUT2D eigenvalue weighted by molar-refractivity contribution is -0.121. The second-order valence-electron chi connectivity index (χ2n) is 5.18. The Bertz CT molecular complexity index is 181. The van der Waals surface area contributed by atoms with E-state index in [0.717, 1.165) is 12.8 Å². The van der Waals surface area contributed by atoms with Gasteiger partial charge in [-0.25, -0.2) is 0 Å². The molecule has 2 unspecified atom stereocenters. The molecule has 0 radical (unpaired) electrons. The maximum absolute atomic E-state index is 11.7. The Morgan fingerprint density at radius 3 is 2.25 bits per heavy atom. The molecule has 1 saturated carbocycles. The first-order valence-electron chi connectivity index (χ1n) is 4.95. The lowest BCUT2D eigenvalue weighted by Gasteiger charge is -2.36. The Balaban J connectivity index is 2.77. The van der Waals surface area contributed by atoms with E-state index < -0.39 is 8.07 Å². The van der Waals surface area contributed by atoms with Crippen LogP contribution in [0.1, 0.15) is 26.2 Å². The Morgan fingerprint density at radius 2 is 1.92 bits per heavy atom. The average Bonchev–Trinajstić information content (AvgIpc) is 1.82. The van der Waals surface area contributed by atoms with E-state index in [9.17, 15) is 4.79 Å². The standard InChI is InChI=1S/C10H20OSi/c1-8-6-5-7-9(11)10(8)12(2,3)4/h8,10H,5-7H2,1-4H3. The molecule has 1 aliphatic rings. The summed E-state index contributed by atoms with van der Waals surface area (Å²) in [5.74, 6) is 1.20. The monoisotopic (exact) mass is 184 g/mol. The highest BCUT2D eigenvalue weighted by Gasteiger charge is 2.38. The van der Waals surface area contributed by atoms with Gasteiger partial charge in [0.25, 0.3) is 0 Å². The van der Waals surface area contributed by atoms with Crippen molar-refractivity contribution >= 4 is 13.9 Å². The highest BCUT2D eigenvalue weighted by atomic mass is 28.3. The van der Waals surface area contributed by atoms with Crippen LogP contribution >= 0.6 is 0 Å². The molecule has 0 aromatic rings. The molecule has 2 heteroatoms. The number of rotatable bonds is 1. The molecule has 0 saturated heterocycles. The van der Waals surface area contributed by atoms with Gasteiger partial charge in [0.15, 0.2) is 0 Å². The zero-order valence-electron chi connectivity index (χ0n) is 8.68. The van der Waals surface area contributed by atoms with Crippen LogP contribution in [0.5, 0.6) is 0 Å². The summed E-state index contributed by atoms with van der Waals surface area (Å²) in [6, 6.07) is 0. The molecule has 1 nitrogen and oxygen atoms in total. The normalized spacial score (nSPS) is 32.2. The molecule has 0 spiro atoms. The Labute approximate surface area is 76.6 Å². The molecule has 1 aliphatic carbocycles. The molecule has 70 valence electrons. The second kappa shape index (κ2) is 3.33. The topological polar surface area (TPSA) is 17.1 Å². The van der Waals surface area contributed by atoms with Gasteiger partial charge in [-0.3, -0.25) is 4.79 Å². The summed E-state index contributed by atoms with van der Waals surface area (Å²) < 4.78 is 0. The largest absolute Gasteiger partial charge is 0.300 e. The van der Waals surface area contributed by atoms with E-state index in [1.807, 2.05) is 0 Å². The van der Waals surface area contributed by atoms with Gasteiger partial charge < -0.3 is 0 Å². The van der Waals surface area contributed by atoms with Gasteiger partial charge in [0.05, 0.1) is 8.07 Å². The van der Waals surface area contributed by atoms with Gasteiger partial charge in [0.2, 0.25) is 0 Å². The van der Waals surface area contributed by atoms with Crippen LogP contribution in [-0.4, -0.2) is 13.9 Å². The zero-order chi connectivity index (χ0) is 9.35. The first-order valence-corrected chi connectivity index (χ1v) is 8.53. The lowest BCUT2D eigenvalue weighted by atomic mass is 9.89. The molecule has 0 amide bonds. The fourth-order valence-corrected chi connectivity index (χ4v) is 5.56. The van der Waals surface area contributed by atoms with Gasteiger partial charge in [-0.2, -0.15) is 0 Å². The molecule has 0 aromatic carbocycles. The number of Topliss-reactive ketones (excluding diaryl/α,β-unsaturated/α-hetero) is 1. The zero-order valence-corrected chi connectivity index (χ0v) is 9.68. The van der Waals surface area contributed by atoms with Crippen molar-refractivity contribution in [1.29, 1.82) is 0 Å². The van der Waals surface area contributed by atoms with Gasteiger partial charge >= 0.3 is 0 Å². The Hall–Kier alpha value is -0.113. The first kappa shape index (κ1) is 9.97. The number of carbonyl (C=O) groups is 1. The fourth-order valence-electron chi connectivity index (χ4n) is 2.57. The molecule has 0 heterocycles. The summed E-state index contributed by atoms with van der Waals surface area (Å²) in [7, 11) is -1.23.